The number of hydrogen-bond donors (Lipinski definition) is 2. The lowest BCUT2D eigenvalue weighted by molar-refractivity contribution is 0.488. The Labute approximate surface area is 159 Å². The Morgan fingerprint density at radius 2 is 1.61 bits per heavy atom. The molecular weight excluding hydrogens is 378 g/mol. The maximum atomic E-state index is 6.01. The second-order valence-corrected chi connectivity index (χ2v) is 5.68. The van der Waals surface area contributed by atoms with Crippen molar-refractivity contribution in [3.8, 4) is 11.3 Å². The summed E-state index contributed by atoms with van der Waals surface area (Å²) < 4.78 is 5.81. The maximum absolute atomic E-state index is 6.01. The van der Waals surface area contributed by atoms with E-state index >= 15 is 0 Å². The van der Waals surface area contributed by atoms with Gasteiger partial charge in [0.05, 0.1) is 6.54 Å². The fourth-order valence-electron chi connectivity index (χ4n) is 2.05. The SMILES string of the molecule is CCNCCCNCc1ccc(-c2cc(Cl)cc(Cl)c2)o1.Cl.Cl. The molecule has 0 atom stereocenters. The van der Waals surface area contributed by atoms with E-state index in [1.807, 2.05) is 24.3 Å². The first-order valence-corrected chi connectivity index (χ1v) is 7.91. The van der Waals surface area contributed by atoms with Gasteiger partial charge in [-0.05, 0) is 56.4 Å². The van der Waals surface area contributed by atoms with Crippen molar-refractivity contribution >= 4 is 48.0 Å². The van der Waals surface area contributed by atoms with Crippen molar-refractivity contribution in [1.82, 2.24) is 10.6 Å². The smallest absolute Gasteiger partial charge is 0.134 e. The van der Waals surface area contributed by atoms with Crippen LogP contribution in [0.5, 0.6) is 0 Å². The molecule has 1 heterocycles. The van der Waals surface area contributed by atoms with Crippen LogP contribution in [0.3, 0.4) is 0 Å². The summed E-state index contributed by atoms with van der Waals surface area (Å²) in [5.41, 5.74) is 0.894. The predicted octanol–water partition coefficient (Wildman–Crippen LogP) is 5.19. The maximum Gasteiger partial charge on any atom is 0.134 e. The van der Waals surface area contributed by atoms with Gasteiger partial charge in [0.2, 0.25) is 0 Å². The second-order valence-electron chi connectivity index (χ2n) is 4.81. The van der Waals surface area contributed by atoms with Gasteiger partial charge >= 0.3 is 0 Å². The van der Waals surface area contributed by atoms with Crippen LogP contribution in [-0.2, 0) is 6.54 Å². The highest BCUT2D eigenvalue weighted by atomic mass is 35.5. The van der Waals surface area contributed by atoms with Crippen molar-refractivity contribution in [3.05, 3.63) is 46.1 Å². The molecule has 2 N–H and O–H groups in total. The summed E-state index contributed by atoms with van der Waals surface area (Å²) in [7, 11) is 0. The van der Waals surface area contributed by atoms with E-state index in [0.29, 0.717) is 10.0 Å². The third-order valence-electron chi connectivity index (χ3n) is 3.07. The van der Waals surface area contributed by atoms with Gasteiger partial charge in [-0.15, -0.1) is 24.8 Å². The van der Waals surface area contributed by atoms with Crippen molar-refractivity contribution in [2.45, 2.75) is 19.9 Å². The van der Waals surface area contributed by atoms with E-state index in [-0.39, 0.29) is 24.8 Å². The Bertz CT molecular complexity index is 555. The highest BCUT2D eigenvalue weighted by Gasteiger charge is 2.06. The molecule has 3 nitrogen and oxygen atoms in total. The number of nitrogens with one attached hydrogen (secondary N) is 2. The van der Waals surface area contributed by atoms with Crippen LogP contribution in [0.25, 0.3) is 11.3 Å². The second kappa shape index (κ2) is 12.0. The van der Waals surface area contributed by atoms with E-state index < -0.39 is 0 Å². The molecule has 0 aliphatic carbocycles. The Balaban J connectivity index is 0.00000242. The quantitative estimate of drug-likeness (QED) is 0.600. The van der Waals surface area contributed by atoms with Crippen LogP contribution in [0, 0.1) is 0 Å². The summed E-state index contributed by atoms with van der Waals surface area (Å²) in [5.74, 6) is 1.69. The van der Waals surface area contributed by atoms with Crippen molar-refractivity contribution in [2.75, 3.05) is 19.6 Å². The lowest BCUT2D eigenvalue weighted by Gasteiger charge is -2.03. The Morgan fingerprint density at radius 3 is 2.26 bits per heavy atom. The first-order chi connectivity index (χ1) is 10.2. The highest BCUT2D eigenvalue weighted by molar-refractivity contribution is 6.35. The monoisotopic (exact) mass is 398 g/mol. The zero-order chi connectivity index (χ0) is 15.1. The lowest BCUT2D eigenvalue weighted by atomic mass is 10.2. The minimum Gasteiger partial charge on any atom is -0.460 e. The summed E-state index contributed by atoms with van der Waals surface area (Å²) in [6.07, 6.45) is 1.10. The lowest BCUT2D eigenvalue weighted by Crippen LogP contribution is -2.21. The molecule has 1 aromatic heterocycles. The van der Waals surface area contributed by atoms with Crippen molar-refractivity contribution in [1.29, 1.82) is 0 Å². The molecule has 0 saturated carbocycles. The first kappa shape index (κ1) is 22.6. The molecule has 1 aromatic carbocycles. The standard InChI is InChI=1S/C16H20Cl2N2O.2ClH/c1-2-19-6-3-7-20-11-15-4-5-16(21-15)12-8-13(17)10-14(18)9-12;;/h4-5,8-10,19-20H,2-3,6-7,11H2,1H3;2*1H. The summed E-state index contributed by atoms with van der Waals surface area (Å²) >= 11 is 12.0. The zero-order valence-electron chi connectivity index (χ0n) is 12.9. The molecule has 0 spiro atoms. The number of benzene rings is 1. The summed E-state index contributed by atoms with van der Waals surface area (Å²) in [4.78, 5) is 0. The molecule has 0 saturated heterocycles. The van der Waals surface area contributed by atoms with Crippen molar-refractivity contribution < 1.29 is 4.42 Å². The van der Waals surface area contributed by atoms with Gasteiger partial charge in [0.25, 0.3) is 0 Å². The van der Waals surface area contributed by atoms with Gasteiger partial charge in [0.15, 0.2) is 0 Å². The van der Waals surface area contributed by atoms with Crippen molar-refractivity contribution in [3.63, 3.8) is 0 Å². The summed E-state index contributed by atoms with van der Waals surface area (Å²) in [6.45, 7) is 5.85. The molecular formula is C16H22Cl4N2O. The van der Waals surface area contributed by atoms with Gasteiger partial charge in [-0.25, -0.2) is 0 Å². The molecule has 0 bridgehead atoms. The van der Waals surface area contributed by atoms with Gasteiger partial charge in [-0.1, -0.05) is 30.1 Å². The Hall–Kier alpha value is -0.420. The Kier molecular flexibility index (Phi) is 11.8. The van der Waals surface area contributed by atoms with Crippen LogP contribution < -0.4 is 10.6 Å². The molecule has 0 radical (unpaired) electrons. The van der Waals surface area contributed by atoms with E-state index in [9.17, 15) is 0 Å². The highest BCUT2D eigenvalue weighted by Crippen LogP contribution is 2.28. The minimum atomic E-state index is 0. The van der Waals surface area contributed by atoms with E-state index in [1.165, 1.54) is 0 Å². The summed E-state index contributed by atoms with van der Waals surface area (Å²) in [5, 5.41) is 7.87. The fourth-order valence-corrected chi connectivity index (χ4v) is 2.58. The van der Waals surface area contributed by atoms with E-state index in [4.69, 9.17) is 27.6 Å². The van der Waals surface area contributed by atoms with Crippen LogP contribution in [0.4, 0.5) is 0 Å². The molecule has 7 heteroatoms. The van der Waals surface area contributed by atoms with Gasteiger partial charge in [-0.2, -0.15) is 0 Å². The molecule has 0 unspecified atom stereocenters. The molecule has 0 fully saturated rings. The third kappa shape index (κ3) is 7.79. The average molecular weight is 400 g/mol. The molecule has 2 rings (SSSR count). The summed E-state index contributed by atoms with van der Waals surface area (Å²) in [6, 6.07) is 9.32. The molecule has 2 aromatic rings. The van der Waals surface area contributed by atoms with Crippen LogP contribution in [0.1, 0.15) is 19.1 Å². The predicted molar refractivity (Wildman–Crippen MR) is 104 cm³/mol. The largest absolute Gasteiger partial charge is 0.460 e. The van der Waals surface area contributed by atoms with Gasteiger partial charge in [0.1, 0.15) is 11.5 Å². The minimum absolute atomic E-state index is 0. The van der Waals surface area contributed by atoms with E-state index in [2.05, 4.69) is 17.6 Å². The van der Waals surface area contributed by atoms with Gasteiger partial charge in [0, 0.05) is 15.6 Å². The van der Waals surface area contributed by atoms with E-state index in [1.54, 1.807) is 6.07 Å². The van der Waals surface area contributed by atoms with Gasteiger partial charge in [-0.3, -0.25) is 0 Å². The van der Waals surface area contributed by atoms with Gasteiger partial charge < -0.3 is 15.1 Å². The molecule has 130 valence electrons. The normalized spacial score (nSPS) is 10.0. The fraction of sp³-hybridized carbons (Fsp3) is 0.375. The first-order valence-electron chi connectivity index (χ1n) is 7.15. The van der Waals surface area contributed by atoms with Crippen molar-refractivity contribution in [2.24, 2.45) is 0 Å². The number of halogens is 4. The third-order valence-corrected chi connectivity index (χ3v) is 3.50. The number of furan rings is 1. The van der Waals surface area contributed by atoms with Crippen LogP contribution in [0.2, 0.25) is 10.0 Å². The van der Waals surface area contributed by atoms with Crippen LogP contribution in [0.15, 0.2) is 34.7 Å². The average Bonchev–Trinajstić information content (AvgIpc) is 2.90. The zero-order valence-corrected chi connectivity index (χ0v) is 16.0. The Morgan fingerprint density at radius 1 is 0.957 bits per heavy atom. The molecule has 23 heavy (non-hydrogen) atoms. The van der Waals surface area contributed by atoms with E-state index in [0.717, 1.165) is 49.7 Å². The topological polar surface area (TPSA) is 37.2 Å². The molecule has 0 aliphatic rings. The molecule has 0 aliphatic heterocycles. The number of hydrogen-bond acceptors (Lipinski definition) is 3. The molecule has 0 amide bonds. The van der Waals surface area contributed by atoms with Crippen LogP contribution in [-0.4, -0.2) is 19.6 Å². The van der Waals surface area contributed by atoms with Crippen LogP contribution >= 0.6 is 48.0 Å². The number of rotatable bonds is 8.